The van der Waals surface area contributed by atoms with Crippen molar-refractivity contribution in [3.05, 3.63) is 130 Å². The van der Waals surface area contributed by atoms with Crippen LogP contribution in [-0.4, -0.2) is 22.2 Å². The number of aromatic nitrogens is 1. The fraction of sp³-hybridized carbons (Fsp3) is 0.229. The molecule has 5 aromatic rings. The lowest BCUT2D eigenvalue weighted by Crippen LogP contribution is -2.43. The van der Waals surface area contributed by atoms with Crippen LogP contribution in [0.2, 0.25) is 0 Å². The molecule has 6 rings (SSSR count). The highest BCUT2D eigenvalue weighted by atomic mass is 19.1. The van der Waals surface area contributed by atoms with Crippen molar-refractivity contribution >= 4 is 16.9 Å². The molecular weight excluding hydrogens is 517 g/mol. The number of ether oxygens (including phenoxy) is 2. The van der Waals surface area contributed by atoms with E-state index in [2.05, 4.69) is 17.6 Å². The summed E-state index contributed by atoms with van der Waals surface area (Å²) < 4.78 is 29.3. The Morgan fingerprint density at radius 2 is 1.71 bits per heavy atom. The van der Waals surface area contributed by atoms with E-state index in [-0.39, 0.29) is 11.4 Å². The second kappa shape index (κ2) is 9.89. The molecule has 1 aromatic heterocycles. The second-order valence-corrected chi connectivity index (χ2v) is 11.4. The van der Waals surface area contributed by atoms with Crippen molar-refractivity contribution in [2.45, 2.75) is 45.3 Å². The summed E-state index contributed by atoms with van der Waals surface area (Å²) in [6, 6.07) is 28.0. The molecule has 4 aromatic carbocycles. The number of nitrogens with zero attached hydrogens (tertiary/aromatic N) is 1. The molecule has 0 spiro atoms. The van der Waals surface area contributed by atoms with E-state index in [1.165, 1.54) is 12.1 Å². The van der Waals surface area contributed by atoms with E-state index in [4.69, 9.17) is 9.47 Å². The Kier molecular flexibility index (Phi) is 6.46. The standard InChI is InChI=1S/C35H32FNO4/c1-22-19-24(13-18-27(22)33(38)39)35(4)21-41-34(2,3)32-31(35)30-28(37(32)26-16-14-25(36)15-17-26)11-8-12-29(30)40-20-23-9-6-5-7-10-23/h5-19H,20-21H2,1-4H3,(H,38,39). The third-order valence-corrected chi connectivity index (χ3v) is 8.22. The molecule has 1 N–H and O–H groups in total. The Morgan fingerprint density at radius 3 is 2.39 bits per heavy atom. The first-order valence-corrected chi connectivity index (χ1v) is 13.7. The monoisotopic (exact) mass is 549 g/mol. The molecule has 1 unspecified atom stereocenters. The highest BCUT2D eigenvalue weighted by Crippen LogP contribution is 2.52. The van der Waals surface area contributed by atoms with Gasteiger partial charge in [0.1, 0.15) is 23.8 Å². The maximum Gasteiger partial charge on any atom is 0.335 e. The number of aryl methyl sites for hydroxylation is 1. The fourth-order valence-corrected chi connectivity index (χ4v) is 6.07. The first-order chi connectivity index (χ1) is 19.6. The number of carboxylic acids is 1. The first kappa shape index (κ1) is 26.8. The number of fused-ring (bicyclic) bond motifs is 3. The molecule has 0 fully saturated rings. The number of hydrogen-bond donors (Lipinski definition) is 1. The van der Waals surface area contributed by atoms with Crippen LogP contribution in [0.1, 0.15) is 59.1 Å². The van der Waals surface area contributed by atoms with E-state index in [0.717, 1.165) is 44.7 Å². The number of halogens is 1. The summed E-state index contributed by atoms with van der Waals surface area (Å²) >= 11 is 0. The number of aromatic carboxylic acids is 1. The predicted octanol–water partition coefficient (Wildman–Crippen LogP) is 7.93. The number of carbonyl (C=O) groups is 1. The normalized spacial score (nSPS) is 17.8. The van der Waals surface area contributed by atoms with Gasteiger partial charge in [-0.25, -0.2) is 9.18 Å². The van der Waals surface area contributed by atoms with Crippen LogP contribution in [0.15, 0.2) is 91.0 Å². The maximum absolute atomic E-state index is 14.0. The highest BCUT2D eigenvalue weighted by molar-refractivity contribution is 5.95. The molecule has 1 atom stereocenters. The topological polar surface area (TPSA) is 60.7 Å². The summed E-state index contributed by atoms with van der Waals surface area (Å²) in [4.78, 5) is 11.8. The molecule has 41 heavy (non-hydrogen) atoms. The molecule has 6 heteroatoms. The van der Waals surface area contributed by atoms with Crippen LogP contribution in [-0.2, 0) is 22.4 Å². The van der Waals surface area contributed by atoms with Gasteiger partial charge in [0.05, 0.1) is 23.4 Å². The van der Waals surface area contributed by atoms with Crippen molar-refractivity contribution in [1.29, 1.82) is 0 Å². The summed E-state index contributed by atoms with van der Waals surface area (Å²) in [7, 11) is 0. The summed E-state index contributed by atoms with van der Waals surface area (Å²) in [6.45, 7) is 8.84. The molecule has 208 valence electrons. The van der Waals surface area contributed by atoms with Gasteiger partial charge in [0.2, 0.25) is 0 Å². The van der Waals surface area contributed by atoms with Crippen LogP contribution < -0.4 is 4.74 Å². The minimum absolute atomic E-state index is 0.273. The highest BCUT2D eigenvalue weighted by Gasteiger charge is 2.47. The average molecular weight is 550 g/mol. The molecule has 1 aliphatic rings. The molecule has 2 heterocycles. The largest absolute Gasteiger partial charge is 0.488 e. The van der Waals surface area contributed by atoms with Gasteiger partial charge in [-0.2, -0.15) is 0 Å². The van der Waals surface area contributed by atoms with E-state index >= 15 is 0 Å². The van der Waals surface area contributed by atoms with Gasteiger partial charge < -0.3 is 19.1 Å². The average Bonchev–Trinajstić information content (AvgIpc) is 3.33. The Labute approximate surface area is 238 Å². The van der Waals surface area contributed by atoms with Crippen molar-refractivity contribution in [3.63, 3.8) is 0 Å². The molecule has 1 aliphatic heterocycles. The van der Waals surface area contributed by atoms with Crippen LogP contribution in [0.25, 0.3) is 16.6 Å². The third kappa shape index (κ3) is 4.49. The van der Waals surface area contributed by atoms with Crippen molar-refractivity contribution in [3.8, 4) is 11.4 Å². The minimum atomic E-state index is -0.953. The van der Waals surface area contributed by atoms with Crippen LogP contribution in [0.5, 0.6) is 5.75 Å². The molecule has 5 nitrogen and oxygen atoms in total. The zero-order valence-corrected chi connectivity index (χ0v) is 23.6. The van der Waals surface area contributed by atoms with Gasteiger partial charge in [0, 0.05) is 22.1 Å². The van der Waals surface area contributed by atoms with Gasteiger partial charge in [-0.05, 0) is 86.8 Å². The smallest absolute Gasteiger partial charge is 0.335 e. The first-order valence-electron chi connectivity index (χ1n) is 13.7. The Bertz CT molecular complexity index is 1770. The second-order valence-electron chi connectivity index (χ2n) is 11.4. The lowest BCUT2D eigenvalue weighted by Gasteiger charge is -2.43. The van der Waals surface area contributed by atoms with Crippen LogP contribution in [0.3, 0.4) is 0 Å². The number of rotatable bonds is 6. The predicted molar refractivity (Wildman–Crippen MR) is 158 cm³/mol. The van der Waals surface area contributed by atoms with Gasteiger partial charge in [0.15, 0.2) is 0 Å². The van der Waals surface area contributed by atoms with Crippen molar-refractivity contribution in [2.24, 2.45) is 0 Å². The lowest BCUT2D eigenvalue weighted by molar-refractivity contribution is -0.0582. The Hall–Kier alpha value is -4.42. The molecule has 0 radical (unpaired) electrons. The van der Waals surface area contributed by atoms with E-state index in [1.54, 1.807) is 18.2 Å². The van der Waals surface area contributed by atoms with Crippen LogP contribution >= 0.6 is 0 Å². The van der Waals surface area contributed by atoms with Crippen LogP contribution in [0.4, 0.5) is 4.39 Å². The zero-order chi connectivity index (χ0) is 28.9. The summed E-state index contributed by atoms with van der Waals surface area (Å²) in [5.41, 5.74) is 5.39. The van der Waals surface area contributed by atoms with Crippen molar-refractivity contribution in [1.82, 2.24) is 4.57 Å². The van der Waals surface area contributed by atoms with Gasteiger partial charge in [-0.3, -0.25) is 0 Å². The summed E-state index contributed by atoms with van der Waals surface area (Å²) in [5, 5.41) is 10.6. The van der Waals surface area contributed by atoms with E-state index in [1.807, 2.05) is 75.4 Å². The molecule has 0 amide bonds. The lowest BCUT2D eigenvalue weighted by atomic mass is 9.71. The molecule has 0 aliphatic carbocycles. The van der Waals surface area contributed by atoms with Crippen molar-refractivity contribution in [2.75, 3.05) is 6.61 Å². The maximum atomic E-state index is 14.0. The molecular formula is C35H32FNO4. The van der Waals surface area contributed by atoms with Gasteiger partial charge in [0.25, 0.3) is 0 Å². The SMILES string of the molecule is Cc1cc(C2(C)COC(C)(C)c3c2c2c(OCc4ccccc4)cccc2n3-c2ccc(F)cc2)ccc1C(=O)O. The third-order valence-electron chi connectivity index (χ3n) is 8.22. The van der Waals surface area contributed by atoms with E-state index in [9.17, 15) is 14.3 Å². The number of benzene rings is 4. The Balaban J connectivity index is 1.66. The van der Waals surface area contributed by atoms with E-state index in [0.29, 0.717) is 18.8 Å². The minimum Gasteiger partial charge on any atom is -0.488 e. The Morgan fingerprint density at radius 1 is 0.976 bits per heavy atom. The van der Waals surface area contributed by atoms with Crippen molar-refractivity contribution < 1.29 is 23.8 Å². The quantitative estimate of drug-likeness (QED) is 0.234. The van der Waals surface area contributed by atoms with Gasteiger partial charge >= 0.3 is 5.97 Å². The van der Waals surface area contributed by atoms with Gasteiger partial charge in [-0.15, -0.1) is 0 Å². The van der Waals surface area contributed by atoms with Crippen LogP contribution in [0, 0.1) is 12.7 Å². The molecule has 0 bridgehead atoms. The van der Waals surface area contributed by atoms with Gasteiger partial charge in [-0.1, -0.05) is 48.5 Å². The fourth-order valence-electron chi connectivity index (χ4n) is 6.07. The molecule has 0 saturated heterocycles. The zero-order valence-electron chi connectivity index (χ0n) is 23.6. The number of hydrogen-bond acceptors (Lipinski definition) is 3. The summed E-state index contributed by atoms with van der Waals surface area (Å²) in [6.07, 6.45) is 0. The molecule has 0 saturated carbocycles. The number of carboxylic acid groups (broad SMARTS) is 1. The van der Waals surface area contributed by atoms with E-state index < -0.39 is 17.0 Å². The summed E-state index contributed by atoms with van der Waals surface area (Å²) in [5.74, 6) is -0.517.